The molecule has 3 rings (SSSR count). The van der Waals surface area contributed by atoms with Crippen molar-refractivity contribution in [3.63, 3.8) is 0 Å². The summed E-state index contributed by atoms with van der Waals surface area (Å²) in [6.07, 6.45) is 0.318. The number of sulfonamides is 1. The van der Waals surface area contributed by atoms with E-state index in [1.807, 2.05) is 27.7 Å². The third-order valence-electron chi connectivity index (χ3n) is 4.82. The van der Waals surface area contributed by atoms with Gasteiger partial charge in [-0.3, -0.25) is 14.2 Å². The second kappa shape index (κ2) is 6.12. The van der Waals surface area contributed by atoms with E-state index in [2.05, 4.69) is 15.1 Å². The molecule has 0 bridgehead atoms. The molecule has 140 valence electrons. The first-order valence-electron chi connectivity index (χ1n) is 8.56. The Morgan fingerprint density at radius 2 is 2.00 bits per heavy atom. The zero-order valence-electron chi connectivity index (χ0n) is 15.7. The van der Waals surface area contributed by atoms with Crippen LogP contribution in [0.15, 0.2) is 23.1 Å². The molecule has 0 atom stereocenters. The molecular weight excluding hydrogens is 352 g/mol. The van der Waals surface area contributed by atoms with Gasteiger partial charge in [-0.15, -0.1) is 0 Å². The van der Waals surface area contributed by atoms with Gasteiger partial charge in [-0.1, -0.05) is 13.8 Å². The van der Waals surface area contributed by atoms with E-state index in [9.17, 15) is 13.2 Å². The smallest absolute Gasteiger partial charge is 0.262 e. The Hall–Kier alpha value is -2.35. The maximum Gasteiger partial charge on any atom is 0.262 e. The number of carbonyl (C=O) groups is 1. The summed E-state index contributed by atoms with van der Waals surface area (Å²) in [5.41, 5.74) is 2.98. The Balaban J connectivity index is 2.02. The van der Waals surface area contributed by atoms with E-state index in [1.165, 1.54) is 6.07 Å². The molecule has 0 saturated heterocycles. The maximum absolute atomic E-state index is 12.9. The monoisotopic (exact) mass is 376 g/mol. The van der Waals surface area contributed by atoms with Crippen molar-refractivity contribution >= 4 is 27.3 Å². The van der Waals surface area contributed by atoms with Gasteiger partial charge < -0.3 is 5.32 Å². The largest absolute Gasteiger partial charge is 0.326 e. The molecule has 26 heavy (non-hydrogen) atoms. The number of rotatable bonds is 4. The van der Waals surface area contributed by atoms with Gasteiger partial charge in [-0.05, 0) is 44.5 Å². The van der Waals surface area contributed by atoms with Crippen molar-refractivity contribution in [2.75, 3.05) is 10.0 Å². The first-order chi connectivity index (χ1) is 12.0. The van der Waals surface area contributed by atoms with Crippen molar-refractivity contribution in [3.05, 3.63) is 35.2 Å². The lowest BCUT2D eigenvalue weighted by molar-refractivity contribution is -0.117. The van der Waals surface area contributed by atoms with Crippen LogP contribution in [-0.4, -0.2) is 24.1 Å². The number of amides is 1. The Labute approximate surface area is 153 Å². The molecule has 0 spiro atoms. The van der Waals surface area contributed by atoms with Gasteiger partial charge in [0.1, 0.15) is 0 Å². The van der Waals surface area contributed by atoms with Gasteiger partial charge in [0.05, 0.1) is 22.0 Å². The van der Waals surface area contributed by atoms with E-state index < -0.39 is 15.4 Å². The molecule has 0 fully saturated rings. The van der Waals surface area contributed by atoms with Crippen molar-refractivity contribution in [1.82, 2.24) is 9.78 Å². The minimum atomic E-state index is -3.77. The zero-order chi connectivity index (χ0) is 19.3. The number of aryl methyl sites for hydroxylation is 2. The average molecular weight is 376 g/mol. The number of nitrogens with one attached hydrogen (secondary N) is 2. The van der Waals surface area contributed by atoms with Crippen LogP contribution < -0.4 is 10.0 Å². The van der Waals surface area contributed by atoms with Crippen molar-refractivity contribution in [3.8, 4) is 0 Å². The molecule has 2 heterocycles. The molecular formula is C18H24N4O3S. The van der Waals surface area contributed by atoms with Crippen molar-refractivity contribution in [1.29, 1.82) is 0 Å². The zero-order valence-corrected chi connectivity index (χ0v) is 16.5. The van der Waals surface area contributed by atoms with Crippen LogP contribution in [0.5, 0.6) is 0 Å². The summed E-state index contributed by atoms with van der Waals surface area (Å²) in [5, 5.41) is 7.16. The normalized spacial score (nSPS) is 16.1. The third kappa shape index (κ3) is 3.09. The topological polar surface area (TPSA) is 93.1 Å². The molecule has 8 heteroatoms. The minimum absolute atomic E-state index is 0.0607. The molecule has 1 aromatic heterocycles. The highest BCUT2D eigenvalue weighted by atomic mass is 32.2. The summed E-state index contributed by atoms with van der Waals surface area (Å²) in [7, 11) is -3.77. The van der Waals surface area contributed by atoms with Crippen LogP contribution in [-0.2, 0) is 26.8 Å². The SMILES string of the molecule is CCn1nc(C)c(NS(=O)(=O)c2ccc3c(c2)C(C)(C)CC(=O)N3)c1C. The average Bonchev–Trinajstić information content (AvgIpc) is 2.80. The number of hydrogen-bond acceptors (Lipinski definition) is 4. The third-order valence-corrected chi connectivity index (χ3v) is 6.17. The van der Waals surface area contributed by atoms with Crippen LogP contribution in [0.1, 0.15) is 44.1 Å². The Kier molecular flexibility index (Phi) is 4.34. The number of aromatic nitrogens is 2. The van der Waals surface area contributed by atoms with Crippen LogP contribution in [0.3, 0.4) is 0 Å². The number of fused-ring (bicyclic) bond motifs is 1. The minimum Gasteiger partial charge on any atom is -0.326 e. The van der Waals surface area contributed by atoms with Gasteiger partial charge in [-0.25, -0.2) is 8.42 Å². The lowest BCUT2D eigenvalue weighted by Gasteiger charge is -2.32. The van der Waals surface area contributed by atoms with Gasteiger partial charge in [0, 0.05) is 24.1 Å². The van der Waals surface area contributed by atoms with Gasteiger partial charge in [-0.2, -0.15) is 5.10 Å². The lowest BCUT2D eigenvalue weighted by atomic mass is 9.78. The second-order valence-corrected chi connectivity index (χ2v) is 8.97. The van der Waals surface area contributed by atoms with E-state index in [0.717, 1.165) is 11.3 Å². The van der Waals surface area contributed by atoms with E-state index in [4.69, 9.17) is 0 Å². The molecule has 1 aliphatic heterocycles. The highest BCUT2D eigenvalue weighted by Gasteiger charge is 2.33. The summed E-state index contributed by atoms with van der Waals surface area (Å²) >= 11 is 0. The van der Waals surface area contributed by atoms with Crippen molar-refractivity contribution in [2.24, 2.45) is 0 Å². The fourth-order valence-electron chi connectivity index (χ4n) is 3.40. The molecule has 2 N–H and O–H groups in total. The fourth-order valence-corrected chi connectivity index (χ4v) is 4.60. The molecule has 7 nitrogen and oxygen atoms in total. The van der Waals surface area contributed by atoms with Crippen LogP contribution >= 0.6 is 0 Å². The highest BCUT2D eigenvalue weighted by Crippen LogP contribution is 2.38. The predicted octanol–water partition coefficient (Wildman–Crippen LogP) is 2.94. The van der Waals surface area contributed by atoms with Gasteiger partial charge >= 0.3 is 0 Å². The van der Waals surface area contributed by atoms with Crippen LogP contribution in [0.2, 0.25) is 0 Å². The summed E-state index contributed by atoms with van der Waals surface area (Å²) in [6, 6.07) is 4.81. The highest BCUT2D eigenvalue weighted by molar-refractivity contribution is 7.92. The summed E-state index contributed by atoms with van der Waals surface area (Å²) in [5.74, 6) is -0.0607. The molecule has 0 saturated carbocycles. The number of hydrogen-bond donors (Lipinski definition) is 2. The Morgan fingerprint density at radius 1 is 1.31 bits per heavy atom. The lowest BCUT2D eigenvalue weighted by Crippen LogP contribution is -2.32. The Bertz CT molecular complexity index is 990. The van der Waals surface area contributed by atoms with E-state index in [-0.39, 0.29) is 10.8 Å². The molecule has 0 unspecified atom stereocenters. The molecule has 1 aliphatic rings. The van der Waals surface area contributed by atoms with E-state index >= 15 is 0 Å². The number of carbonyl (C=O) groups excluding carboxylic acids is 1. The predicted molar refractivity (Wildman–Crippen MR) is 101 cm³/mol. The summed E-state index contributed by atoms with van der Waals surface area (Å²) in [4.78, 5) is 12.0. The molecule has 0 radical (unpaired) electrons. The van der Waals surface area contributed by atoms with Crippen LogP contribution in [0, 0.1) is 13.8 Å². The maximum atomic E-state index is 12.9. The van der Waals surface area contributed by atoms with Gasteiger partial charge in [0.15, 0.2) is 0 Å². The van der Waals surface area contributed by atoms with Crippen molar-refractivity contribution < 1.29 is 13.2 Å². The van der Waals surface area contributed by atoms with E-state index in [0.29, 0.717) is 30.0 Å². The van der Waals surface area contributed by atoms with Gasteiger partial charge in [0.2, 0.25) is 5.91 Å². The van der Waals surface area contributed by atoms with Crippen LogP contribution in [0.25, 0.3) is 0 Å². The molecule has 2 aromatic rings. The van der Waals surface area contributed by atoms with Crippen LogP contribution in [0.4, 0.5) is 11.4 Å². The van der Waals surface area contributed by atoms with E-state index in [1.54, 1.807) is 23.7 Å². The summed E-state index contributed by atoms with van der Waals surface area (Å²) in [6.45, 7) is 10.1. The fraction of sp³-hybridized carbons (Fsp3) is 0.444. The summed E-state index contributed by atoms with van der Waals surface area (Å²) < 4.78 is 30.3. The Morgan fingerprint density at radius 3 is 2.62 bits per heavy atom. The molecule has 0 aliphatic carbocycles. The quantitative estimate of drug-likeness (QED) is 0.858. The van der Waals surface area contributed by atoms with Gasteiger partial charge in [0.25, 0.3) is 10.0 Å². The second-order valence-electron chi connectivity index (χ2n) is 7.28. The number of benzene rings is 1. The first-order valence-corrected chi connectivity index (χ1v) is 10.0. The standard InChI is InChI=1S/C18H24N4O3S/c1-6-22-12(3)17(11(2)20-22)21-26(24,25)13-7-8-15-14(9-13)18(4,5)10-16(23)19-15/h7-9,21H,6,10H2,1-5H3,(H,19,23). The number of nitrogens with zero attached hydrogens (tertiary/aromatic N) is 2. The van der Waals surface area contributed by atoms with Crippen molar-refractivity contribution in [2.45, 2.75) is 57.9 Å². The molecule has 1 aromatic carbocycles. The first kappa shape index (κ1) is 18.4. The number of anilines is 2. The molecule has 1 amide bonds.